The van der Waals surface area contributed by atoms with Crippen molar-refractivity contribution in [2.24, 2.45) is 40.4 Å². The van der Waals surface area contributed by atoms with Gasteiger partial charge in [0, 0.05) is 17.3 Å². The molecule has 136 valence electrons. The Morgan fingerprint density at radius 1 is 1.12 bits per heavy atom. The zero-order valence-corrected chi connectivity index (χ0v) is 16.5. The molecule has 0 aromatic rings. The van der Waals surface area contributed by atoms with Crippen LogP contribution in [0.2, 0.25) is 0 Å². The monoisotopic (exact) mass is 338 g/mol. The topological polar surface area (TPSA) is 17.1 Å². The molecule has 3 fully saturated rings. The summed E-state index contributed by atoms with van der Waals surface area (Å²) in [5, 5.41) is 0. The SMILES string of the molecule is C#CC1CC[C@@]2(C)C(=C(C)C[C@@H]3[C@H]2CC[C@]2(C)C(=O)C(CC)C[C@@H]32)C1. The Morgan fingerprint density at radius 3 is 2.52 bits per heavy atom. The van der Waals surface area contributed by atoms with E-state index in [1.807, 2.05) is 0 Å². The van der Waals surface area contributed by atoms with Crippen LogP contribution in [0.4, 0.5) is 0 Å². The van der Waals surface area contributed by atoms with Gasteiger partial charge in [0.1, 0.15) is 5.78 Å². The summed E-state index contributed by atoms with van der Waals surface area (Å²) in [6.07, 6.45) is 15.1. The van der Waals surface area contributed by atoms with E-state index in [1.165, 1.54) is 25.7 Å². The number of ketones is 1. The average molecular weight is 339 g/mol. The van der Waals surface area contributed by atoms with E-state index in [9.17, 15) is 4.79 Å². The molecule has 0 N–H and O–H groups in total. The lowest BCUT2D eigenvalue weighted by Gasteiger charge is -2.58. The summed E-state index contributed by atoms with van der Waals surface area (Å²) in [7, 11) is 0. The van der Waals surface area contributed by atoms with Crippen LogP contribution in [0.15, 0.2) is 11.1 Å². The molecule has 4 rings (SSSR count). The third-order valence-electron chi connectivity index (χ3n) is 9.05. The first-order chi connectivity index (χ1) is 11.8. The van der Waals surface area contributed by atoms with E-state index in [4.69, 9.17) is 6.42 Å². The van der Waals surface area contributed by atoms with Crippen molar-refractivity contribution in [2.75, 3.05) is 0 Å². The van der Waals surface area contributed by atoms with Crippen LogP contribution in [0.3, 0.4) is 0 Å². The maximum Gasteiger partial charge on any atom is 0.142 e. The van der Waals surface area contributed by atoms with Crippen molar-refractivity contribution < 1.29 is 4.79 Å². The van der Waals surface area contributed by atoms with E-state index >= 15 is 0 Å². The summed E-state index contributed by atoms with van der Waals surface area (Å²) >= 11 is 0. The lowest BCUT2D eigenvalue weighted by atomic mass is 9.46. The van der Waals surface area contributed by atoms with Crippen molar-refractivity contribution >= 4 is 5.78 Å². The minimum Gasteiger partial charge on any atom is -0.299 e. The zero-order valence-electron chi connectivity index (χ0n) is 16.5. The predicted octanol–water partition coefficient (Wildman–Crippen LogP) is 5.79. The third kappa shape index (κ3) is 2.25. The molecule has 0 bridgehead atoms. The minimum atomic E-state index is -0.0357. The molecule has 0 radical (unpaired) electrons. The summed E-state index contributed by atoms with van der Waals surface area (Å²) in [6.45, 7) is 9.40. The van der Waals surface area contributed by atoms with Gasteiger partial charge in [0.15, 0.2) is 0 Å². The second-order valence-corrected chi connectivity index (χ2v) is 10.0. The van der Waals surface area contributed by atoms with E-state index in [-0.39, 0.29) is 5.41 Å². The molecule has 4 aliphatic carbocycles. The Hall–Kier alpha value is -1.03. The summed E-state index contributed by atoms with van der Waals surface area (Å²) < 4.78 is 0. The van der Waals surface area contributed by atoms with Gasteiger partial charge in [0.25, 0.3) is 0 Å². The number of hydrogen-bond acceptors (Lipinski definition) is 1. The average Bonchev–Trinajstić information content (AvgIpc) is 2.86. The van der Waals surface area contributed by atoms with Gasteiger partial charge in [-0.15, -0.1) is 12.3 Å². The quantitative estimate of drug-likeness (QED) is 0.436. The first-order valence-corrected chi connectivity index (χ1v) is 10.5. The summed E-state index contributed by atoms with van der Waals surface area (Å²) in [4.78, 5) is 13.1. The van der Waals surface area contributed by atoms with Gasteiger partial charge < -0.3 is 0 Å². The van der Waals surface area contributed by atoms with Gasteiger partial charge in [-0.3, -0.25) is 4.79 Å². The highest BCUT2D eigenvalue weighted by molar-refractivity contribution is 5.89. The molecule has 0 spiro atoms. The van der Waals surface area contributed by atoms with Gasteiger partial charge in [-0.1, -0.05) is 31.9 Å². The van der Waals surface area contributed by atoms with Crippen molar-refractivity contribution in [2.45, 2.75) is 79.1 Å². The molecule has 1 heteroatoms. The Bertz CT molecular complexity index is 664. The van der Waals surface area contributed by atoms with Crippen LogP contribution in [-0.2, 0) is 4.79 Å². The first kappa shape index (κ1) is 17.4. The van der Waals surface area contributed by atoms with Crippen LogP contribution in [0, 0.1) is 52.8 Å². The van der Waals surface area contributed by atoms with Gasteiger partial charge in [0.2, 0.25) is 0 Å². The number of Topliss-reactive ketones (excluding diaryl/α,β-unsaturated/α-hetero) is 1. The number of terminal acetylenes is 1. The van der Waals surface area contributed by atoms with Gasteiger partial charge in [-0.2, -0.15) is 0 Å². The highest BCUT2D eigenvalue weighted by Crippen LogP contribution is 2.66. The van der Waals surface area contributed by atoms with E-state index in [2.05, 4.69) is 33.6 Å². The van der Waals surface area contributed by atoms with Gasteiger partial charge in [-0.25, -0.2) is 0 Å². The summed E-state index contributed by atoms with van der Waals surface area (Å²) in [5.41, 5.74) is 3.62. The number of rotatable bonds is 1. The molecule has 2 unspecified atom stereocenters. The van der Waals surface area contributed by atoms with Crippen LogP contribution in [0.25, 0.3) is 0 Å². The predicted molar refractivity (Wildman–Crippen MR) is 103 cm³/mol. The smallest absolute Gasteiger partial charge is 0.142 e. The largest absolute Gasteiger partial charge is 0.299 e. The molecular weight excluding hydrogens is 304 g/mol. The van der Waals surface area contributed by atoms with Gasteiger partial charge in [-0.05, 0) is 81.5 Å². The van der Waals surface area contributed by atoms with Crippen LogP contribution in [0.1, 0.15) is 79.1 Å². The Kier molecular flexibility index (Phi) is 3.99. The van der Waals surface area contributed by atoms with E-state index in [0.29, 0.717) is 29.0 Å². The normalized spacial score (nSPS) is 49.2. The number of carbonyl (C=O) groups is 1. The van der Waals surface area contributed by atoms with E-state index in [1.54, 1.807) is 11.1 Å². The molecule has 0 heterocycles. The molecule has 4 aliphatic rings. The Morgan fingerprint density at radius 2 is 1.84 bits per heavy atom. The standard InChI is InChI=1S/C24H34O/c1-6-16-8-10-23(4)19-9-11-24(5)21(14-17(7-2)22(24)25)18(19)12-15(3)20(23)13-16/h1,16-19,21H,7-14H2,2-5H3/t16?,17?,18-,19-,21+,23-,24+/m1/s1. The van der Waals surface area contributed by atoms with Gasteiger partial charge >= 0.3 is 0 Å². The number of allylic oxidation sites excluding steroid dienone is 2. The maximum absolute atomic E-state index is 13.1. The van der Waals surface area contributed by atoms with Crippen molar-refractivity contribution in [1.82, 2.24) is 0 Å². The zero-order chi connectivity index (χ0) is 18.0. The number of fused-ring (bicyclic) bond motifs is 5. The molecule has 0 saturated heterocycles. The highest BCUT2D eigenvalue weighted by Gasteiger charge is 2.61. The van der Waals surface area contributed by atoms with Crippen LogP contribution in [0.5, 0.6) is 0 Å². The van der Waals surface area contributed by atoms with Crippen LogP contribution in [-0.4, -0.2) is 5.78 Å². The fourth-order valence-electron chi connectivity index (χ4n) is 7.55. The fourth-order valence-corrected chi connectivity index (χ4v) is 7.55. The molecule has 0 aromatic heterocycles. The van der Waals surface area contributed by atoms with Crippen LogP contribution < -0.4 is 0 Å². The number of carbonyl (C=O) groups excluding carboxylic acids is 1. The highest BCUT2D eigenvalue weighted by atomic mass is 16.1. The molecular formula is C24H34O. The second-order valence-electron chi connectivity index (χ2n) is 10.0. The summed E-state index contributed by atoms with van der Waals surface area (Å²) in [6, 6.07) is 0. The van der Waals surface area contributed by atoms with Crippen molar-refractivity contribution in [3.05, 3.63) is 11.1 Å². The second kappa shape index (κ2) is 5.73. The fraction of sp³-hybridized carbons (Fsp3) is 0.792. The van der Waals surface area contributed by atoms with Crippen molar-refractivity contribution in [3.63, 3.8) is 0 Å². The Balaban J connectivity index is 1.72. The van der Waals surface area contributed by atoms with Crippen molar-refractivity contribution in [3.8, 4) is 12.3 Å². The molecule has 0 aliphatic heterocycles. The number of hydrogen-bond donors (Lipinski definition) is 0. The van der Waals surface area contributed by atoms with Crippen molar-refractivity contribution in [1.29, 1.82) is 0 Å². The maximum atomic E-state index is 13.1. The lowest BCUT2D eigenvalue weighted by molar-refractivity contribution is -0.134. The molecule has 25 heavy (non-hydrogen) atoms. The van der Waals surface area contributed by atoms with E-state index in [0.717, 1.165) is 37.5 Å². The lowest BCUT2D eigenvalue weighted by Crippen LogP contribution is -2.50. The minimum absolute atomic E-state index is 0.0357. The first-order valence-electron chi connectivity index (χ1n) is 10.5. The van der Waals surface area contributed by atoms with E-state index < -0.39 is 0 Å². The van der Waals surface area contributed by atoms with Gasteiger partial charge in [0.05, 0.1) is 0 Å². The van der Waals surface area contributed by atoms with Crippen LogP contribution >= 0.6 is 0 Å². The Labute approximate surface area is 154 Å². The third-order valence-corrected chi connectivity index (χ3v) is 9.05. The molecule has 7 atom stereocenters. The molecule has 0 aromatic carbocycles. The molecule has 0 amide bonds. The summed E-state index contributed by atoms with van der Waals surface area (Å²) in [5.74, 6) is 6.49. The molecule has 3 saturated carbocycles. The molecule has 1 nitrogen and oxygen atoms in total.